The molecule has 1 amide bonds. The van der Waals surface area contributed by atoms with Gasteiger partial charge in [-0.05, 0) is 30.7 Å². The molecule has 2 N–H and O–H groups in total. The minimum atomic E-state index is -0.134. The van der Waals surface area contributed by atoms with E-state index >= 15 is 0 Å². The van der Waals surface area contributed by atoms with E-state index in [-0.39, 0.29) is 5.91 Å². The molecule has 0 unspecified atom stereocenters. The number of nitrogens with two attached hydrogens (primary N) is 1. The van der Waals surface area contributed by atoms with Gasteiger partial charge in [0.15, 0.2) is 11.5 Å². The van der Waals surface area contributed by atoms with Crippen LogP contribution in [-0.2, 0) is 6.54 Å². The highest BCUT2D eigenvalue weighted by Crippen LogP contribution is 2.10. The summed E-state index contributed by atoms with van der Waals surface area (Å²) < 4.78 is 1.59. The van der Waals surface area contributed by atoms with E-state index in [0.29, 0.717) is 18.1 Å². The fraction of sp³-hybridized carbons (Fsp3) is 0.308. The summed E-state index contributed by atoms with van der Waals surface area (Å²) in [6.07, 6.45) is 1.72. The number of aromatic nitrogens is 3. The third kappa shape index (κ3) is 2.79. The van der Waals surface area contributed by atoms with Crippen molar-refractivity contribution in [3.05, 3.63) is 41.3 Å². The van der Waals surface area contributed by atoms with Crippen molar-refractivity contribution in [3.63, 3.8) is 0 Å². The maximum absolute atomic E-state index is 11.8. The number of aryl methyl sites for hydroxylation is 1. The van der Waals surface area contributed by atoms with Crippen molar-refractivity contribution in [2.24, 2.45) is 5.73 Å². The Morgan fingerprint density at radius 3 is 2.79 bits per heavy atom. The number of nitrogens with zero attached hydrogens (tertiary/aromatic N) is 4. The number of pyridine rings is 1. The van der Waals surface area contributed by atoms with E-state index in [1.54, 1.807) is 31.0 Å². The van der Waals surface area contributed by atoms with Crippen LogP contribution >= 0.6 is 0 Å². The van der Waals surface area contributed by atoms with E-state index in [1.165, 1.54) is 4.90 Å². The second-order valence-corrected chi connectivity index (χ2v) is 4.52. The minimum absolute atomic E-state index is 0.134. The molecule has 2 aromatic heterocycles. The molecule has 0 aliphatic heterocycles. The van der Waals surface area contributed by atoms with Crippen molar-refractivity contribution >= 4 is 5.91 Å². The SMILES string of the molecule is Cc1cc(CN)cc(-n2ccc(C(=O)N(C)C)n2)n1. The van der Waals surface area contributed by atoms with Gasteiger partial charge in [-0.3, -0.25) is 4.79 Å². The van der Waals surface area contributed by atoms with E-state index in [4.69, 9.17) is 5.73 Å². The molecule has 2 rings (SSSR count). The Hall–Kier alpha value is -2.21. The molecule has 0 saturated heterocycles. The zero-order chi connectivity index (χ0) is 14.0. The van der Waals surface area contributed by atoms with Crippen LogP contribution in [0.4, 0.5) is 0 Å². The van der Waals surface area contributed by atoms with Gasteiger partial charge in [0.2, 0.25) is 0 Å². The summed E-state index contributed by atoms with van der Waals surface area (Å²) in [4.78, 5) is 17.7. The van der Waals surface area contributed by atoms with Crippen LogP contribution in [0.1, 0.15) is 21.7 Å². The number of hydrogen-bond donors (Lipinski definition) is 1. The van der Waals surface area contributed by atoms with Gasteiger partial charge in [0.1, 0.15) is 0 Å². The Labute approximate surface area is 111 Å². The van der Waals surface area contributed by atoms with Gasteiger partial charge < -0.3 is 10.6 Å². The normalized spacial score (nSPS) is 10.5. The van der Waals surface area contributed by atoms with E-state index in [9.17, 15) is 4.79 Å². The molecule has 0 saturated carbocycles. The summed E-state index contributed by atoms with van der Waals surface area (Å²) in [6.45, 7) is 2.35. The first-order valence-electron chi connectivity index (χ1n) is 5.96. The molecule has 2 aromatic rings. The maximum atomic E-state index is 11.8. The second kappa shape index (κ2) is 5.19. The largest absolute Gasteiger partial charge is 0.343 e. The number of amides is 1. The molecule has 0 aliphatic carbocycles. The first-order chi connectivity index (χ1) is 9.01. The van der Waals surface area contributed by atoms with Crippen molar-refractivity contribution in [2.45, 2.75) is 13.5 Å². The zero-order valence-corrected chi connectivity index (χ0v) is 11.3. The van der Waals surface area contributed by atoms with Gasteiger partial charge in [-0.2, -0.15) is 5.10 Å². The maximum Gasteiger partial charge on any atom is 0.273 e. The van der Waals surface area contributed by atoms with Crippen molar-refractivity contribution in [3.8, 4) is 5.82 Å². The lowest BCUT2D eigenvalue weighted by Gasteiger charge is -2.07. The van der Waals surface area contributed by atoms with Crippen LogP contribution in [0.15, 0.2) is 24.4 Å². The van der Waals surface area contributed by atoms with E-state index in [2.05, 4.69) is 10.1 Å². The summed E-state index contributed by atoms with van der Waals surface area (Å²) in [5, 5.41) is 4.24. The molecule has 6 nitrogen and oxygen atoms in total. The van der Waals surface area contributed by atoms with Gasteiger partial charge in [-0.1, -0.05) is 0 Å². The number of carbonyl (C=O) groups excluding carboxylic acids is 1. The molecule has 0 spiro atoms. The third-order valence-electron chi connectivity index (χ3n) is 2.68. The second-order valence-electron chi connectivity index (χ2n) is 4.52. The lowest BCUT2D eigenvalue weighted by atomic mass is 10.2. The number of carbonyl (C=O) groups is 1. The molecular formula is C13H17N5O. The van der Waals surface area contributed by atoms with Gasteiger partial charge in [-0.25, -0.2) is 9.67 Å². The van der Waals surface area contributed by atoms with Crippen molar-refractivity contribution in [1.29, 1.82) is 0 Å². The summed E-state index contributed by atoms with van der Waals surface area (Å²) in [5.74, 6) is 0.531. The lowest BCUT2D eigenvalue weighted by molar-refractivity contribution is 0.0821. The molecule has 100 valence electrons. The molecule has 0 atom stereocenters. The quantitative estimate of drug-likeness (QED) is 0.881. The number of rotatable bonds is 3. The van der Waals surface area contributed by atoms with Crippen molar-refractivity contribution in [2.75, 3.05) is 14.1 Å². The Kier molecular flexibility index (Phi) is 3.62. The average molecular weight is 259 g/mol. The standard InChI is InChI=1S/C13H17N5O/c1-9-6-10(8-14)7-12(15-9)18-5-4-11(16-18)13(19)17(2)3/h4-7H,8,14H2,1-3H3. The van der Waals surface area contributed by atoms with E-state index in [0.717, 1.165) is 11.3 Å². The highest BCUT2D eigenvalue weighted by atomic mass is 16.2. The van der Waals surface area contributed by atoms with Crippen molar-refractivity contribution < 1.29 is 4.79 Å². The molecule has 2 heterocycles. The molecule has 0 fully saturated rings. The van der Waals surface area contributed by atoms with Crippen LogP contribution in [0.3, 0.4) is 0 Å². The first-order valence-corrected chi connectivity index (χ1v) is 5.96. The molecule has 0 aromatic carbocycles. The predicted molar refractivity (Wildman–Crippen MR) is 72.0 cm³/mol. The van der Waals surface area contributed by atoms with Gasteiger partial charge in [0.25, 0.3) is 5.91 Å². The van der Waals surface area contributed by atoms with E-state index in [1.807, 2.05) is 19.1 Å². The molecule has 0 radical (unpaired) electrons. The van der Waals surface area contributed by atoms with Crippen LogP contribution in [0.2, 0.25) is 0 Å². The fourth-order valence-corrected chi connectivity index (χ4v) is 1.75. The Morgan fingerprint density at radius 1 is 1.42 bits per heavy atom. The predicted octanol–water partition coefficient (Wildman–Crippen LogP) is 0.736. The van der Waals surface area contributed by atoms with Crippen LogP contribution in [0.25, 0.3) is 5.82 Å². The molecule has 0 bridgehead atoms. The Balaban J connectivity index is 2.37. The number of hydrogen-bond acceptors (Lipinski definition) is 4. The topological polar surface area (TPSA) is 77.0 Å². The van der Waals surface area contributed by atoms with Gasteiger partial charge in [-0.15, -0.1) is 0 Å². The molecule has 0 aliphatic rings. The van der Waals surface area contributed by atoms with Crippen LogP contribution < -0.4 is 5.73 Å². The Bertz CT molecular complexity index is 603. The van der Waals surface area contributed by atoms with Crippen LogP contribution in [0, 0.1) is 6.92 Å². The van der Waals surface area contributed by atoms with E-state index < -0.39 is 0 Å². The summed E-state index contributed by atoms with van der Waals surface area (Å²) in [7, 11) is 3.39. The van der Waals surface area contributed by atoms with Gasteiger partial charge >= 0.3 is 0 Å². The lowest BCUT2D eigenvalue weighted by Crippen LogP contribution is -2.22. The van der Waals surface area contributed by atoms with Gasteiger partial charge in [0.05, 0.1) is 0 Å². The monoisotopic (exact) mass is 259 g/mol. The summed E-state index contributed by atoms with van der Waals surface area (Å²) in [6, 6.07) is 5.47. The Morgan fingerprint density at radius 2 is 2.16 bits per heavy atom. The molecular weight excluding hydrogens is 242 g/mol. The van der Waals surface area contributed by atoms with Crippen molar-refractivity contribution in [1.82, 2.24) is 19.7 Å². The zero-order valence-electron chi connectivity index (χ0n) is 11.3. The molecule has 19 heavy (non-hydrogen) atoms. The highest BCUT2D eigenvalue weighted by Gasteiger charge is 2.12. The first kappa shape index (κ1) is 13.2. The minimum Gasteiger partial charge on any atom is -0.343 e. The van der Waals surface area contributed by atoms with Gasteiger partial charge in [0, 0.05) is 32.5 Å². The summed E-state index contributed by atoms with van der Waals surface area (Å²) >= 11 is 0. The van der Waals surface area contributed by atoms with Crippen LogP contribution in [-0.4, -0.2) is 39.7 Å². The fourth-order valence-electron chi connectivity index (χ4n) is 1.75. The summed E-state index contributed by atoms with van der Waals surface area (Å²) in [5.41, 5.74) is 7.89. The highest BCUT2D eigenvalue weighted by molar-refractivity contribution is 5.91. The van der Waals surface area contributed by atoms with Crippen LogP contribution in [0.5, 0.6) is 0 Å². The molecule has 6 heteroatoms. The third-order valence-corrected chi connectivity index (χ3v) is 2.68. The smallest absolute Gasteiger partial charge is 0.273 e. The average Bonchev–Trinajstić information content (AvgIpc) is 2.86.